The number of hydrogen-bond donors (Lipinski definition) is 0. The number of thioether (sulfide) groups is 1. The molecule has 202 valence electrons. The number of nitrogens with zero attached hydrogens (tertiary/aromatic N) is 3. The fraction of sp³-hybridized carbons (Fsp3) is 0.500. The van der Waals surface area contributed by atoms with Gasteiger partial charge in [0, 0.05) is 31.6 Å². The maximum absolute atomic E-state index is 13.9. The van der Waals surface area contributed by atoms with Crippen LogP contribution in [0.1, 0.15) is 45.1 Å². The predicted molar refractivity (Wildman–Crippen MR) is 154 cm³/mol. The number of benzene rings is 1. The van der Waals surface area contributed by atoms with Crippen molar-refractivity contribution in [1.82, 2.24) is 9.47 Å². The summed E-state index contributed by atoms with van der Waals surface area (Å²) in [5.41, 5.74) is 2.00. The van der Waals surface area contributed by atoms with Crippen molar-refractivity contribution in [2.45, 2.75) is 52.2 Å². The van der Waals surface area contributed by atoms with Crippen LogP contribution in [0.25, 0.3) is 17.0 Å². The van der Waals surface area contributed by atoms with Gasteiger partial charge in [-0.3, -0.25) is 19.3 Å². The largest absolute Gasteiger partial charge is 0.466 e. The van der Waals surface area contributed by atoms with Crippen molar-refractivity contribution in [3.8, 4) is 0 Å². The highest BCUT2D eigenvalue weighted by Gasteiger charge is 2.36. The monoisotopic (exact) mass is 555 g/mol. The molecule has 10 heteroatoms. The summed E-state index contributed by atoms with van der Waals surface area (Å²) in [6.07, 6.45) is 4.90. The summed E-state index contributed by atoms with van der Waals surface area (Å²) in [5.74, 6) is -0.488. The first kappa shape index (κ1) is 26.9. The number of esters is 1. The first-order valence-electron chi connectivity index (χ1n) is 13.4. The number of piperidine rings is 1. The SMILES string of the molecule is CCOC(=O)C1CCN(c2c(C=C3SC(=S)N(CC4CCCO4)C3=O)c(=O)n(CC)c3ccccc23)CC1. The van der Waals surface area contributed by atoms with Gasteiger partial charge >= 0.3 is 5.97 Å². The second-order valence-corrected chi connectivity index (χ2v) is 11.4. The molecule has 1 amide bonds. The van der Waals surface area contributed by atoms with Crippen LogP contribution in [0.2, 0.25) is 0 Å². The Hall–Kier alpha value is -2.69. The summed E-state index contributed by atoms with van der Waals surface area (Å²) < 4.78 is 13.2. The molecule has 0 aliphatic carbocycles. The molecule has 38 heavy (non-hydrogen) atoms. The zero-order valence-electron chi connectivity index (χ0n) is 21.8. The Labute approximate surface area is 231 Å². The minimum absolute atomic E-state index is 0.00825. The van der Waals surface area contributed by atoms with E-state index in [4.69, 9.17) is 21.7 Å². The molecule has 3 fully saturated rings. The average Bonchev–Trinajstić information content (AvgIpc) is 3.53. The normalized spacial score (nSPS) is 21.7. The van der Waals surface area contributed by atoms with Gasteiger partial charge in [-0.05, 0) is 51.7 Å². The number of rotatable bonds is 7. The van der Waals surface area contributed by atoms with Crippen LogP contribution >= 0.6 is 24.0 Å². The molecule has 5 rings (SSSR count). The number of thiocarbonyl (C=S) groups is 1. The van der Waals surface area contributed by atoms with E-state index in [9.17, 15) is 14.4 Å². The Morgan fingerprint density at radius 3 is 2.63 bits per heavy atom. The number of aryl methyl sites for hydroxylation is 1. The maximum atomic E-state index is 13.9. The third-order valence-electron chi connectivity index (χ3n) is 7.49. The smallest absolute Gasteiger partial charge is 0.309 e. The van der Waals surface area contributed by atoms with E-state index in [-0.39, 0.29) is 29.5 Å². The highest BCUT2D eigenvalue weighted by Crippen LogP contribution is 2.38. The standard InChI is InChI=1S/C28H33N3O5S2/c1-3-30-22-10-6-5-9-20(22)24(29-13-11-18(12-14-29)27(34)35-4-2)21(25(30)32)16-23-26(33)31(28(37)38-23)17-19-8-7-15-36-19/h5-6,9-10,16,18-19H,3-4,7-8,11-15,17H2,1-2H3. The van der Waals surface area contributed by atoms with Gasteiger partial charge in [0.05, 0.1) is 46.8 Å². The summed E-state index contributed by atoms with van der Waals surface area (Å²) >= 11 is 6.79. The van der Waals surface area contributed by atoms with Gasteiger partial charge < -0.3 is 18.9 Å². The van der Waals surface area contributed by atoms with Gasteiger partial charge in [0.15, 0.2) is 0 Å². The summed E-state index contributed by atoms with van der Waals surface area (Å²) in [6, 6.07) is 7.88. The summed E-state index contributed by atoms with van der Waals surface area (Å²) in [4.78, 5) is 43.9. The molecule has 0 N–H and O–H groups in total. The number of ether oxygens (including phenoxy) is 2. The topological polar surface area (TPSA) is 81.1 Å². The van der Waals surface area contributed by atoms with E-state index >= 15 is 0 Å². The van der Waals surface area contributed by atoms with Crippen molar-refractivity contribution in [2.24, 2.45) is 5.92 Å². The minimum atomic E-state index is -0.182. The van der Waals surface area contributed by atoms with Crippen molar-refractivity contribution in [2.75, 3.05) is 37.7 Å². The van der Waals surface area contributed by atoms with E-state index in [0.717, 1.165) is 29.4 Å². The lowest BCUT2D eigenvalue weighted by Crippen LogP contribution is -2.39. The Bertz CT molecular complexity index is 1340. The molecule has 8 nitrogen and oxygen atoms in total. The van der Waals surface area contributed by atoms with Crippen molar-refractivity contribution < 1.29 is 19.1 Å². The molecule has 0 saturated carbocycles. The van der Waals surface area contributed by atoms with Crippen molar-refractivity contribution in [1.29, 1.82) is 0 Å². The molecule has 1 aromatic carbocycles. The quantitative estimate of drug-likeness (QED) is 0.286. The molecule has 3 saturated heterocycles. The first-order chi connectivity index (χ1) is 18.4. The van der Waals surface area contributed by atoms with Gasteiger partial charge in [-0.1, -0.05) is 42.2 Å². The van der Waals surface area contributed by atoms with Gasteiger partial charge in [0.2, 0.25) is 0 Å². The number of hydrogen-bond acceptors (Lipinski definition) is 8. The minimum Gasteiger partial charge on any atom is -0.466 e. The maximum Gasteiger partial charge on any atom is 0.309 e. The van der Waals surface area contributed by atoms with Crippen molar-refractivity contribution in [3.63, 3.8) is 0 Å². The van der Waals surface area contributed by atoms with E-state index in [1.54, 1.807) is 15.5 Å². The number of carbonyl (C=O) groups is 2. The number of aromatic nitrogens is 1. The molecule has 3 aliphatic heterocycles. The zero-order valence-corrected chi connectivity index (χ0v) is 23.4. The molecular formula is C28H33N3O5S2. The second kappa shape index (κ2) is 11.6. The third kappa shape index (κ3) is 5.13. The molecule has 0 spiro atoms. The number of fused-ring (bicyclic) bond motifs is 1. The molecule has 2 aromatic rings. The highest BCUT2D eigenvalue weighted by molar-refractivity contribution is 8.26. The van der Waals surface area contributed by atoms with Crippen LogP contribution < -0.4 is 10.5 Å². The van der Waals surface area contributed by atoms with E-state index in [0.29, 0.717) is 67.0 Å². The van der Waals surface area contributed by atoms with E-state index in [1.165, 1.54) is 11.8 Å². The Morgan fingerprint density at radius 1 is 1.18 bits per heavy atom. The van der Waals surface area contributed by atoms with Crippen molar-refractivity contribution in [3.05, 3.63) is 45.1 Å². The predicted octanol–water partition coefficient (Wildman–Crippen LogP) is 4.18. The third-order valence-corrected chi connectivity index (χ3v) is 8.86. The summed E-state index contributed by atoms with van der Waals surface area (Å²) in [6.45, 7) is 7.01. The number of para-hydroxylation sites is 1. The molecule has 4 heterocycles. The van der Waals surface area contributed by atoms with Crippen LogP contribution in [-0.4, -0.2) is 64.6 Å². The summed E-state index contributed by atoms with van der Waals surface area (Å²) in [5, 5.41) is 0.949. The van der Waals surface area contributed by atoms with Gasteiger partial charge in [-0.15, -0.1) is 0 Å². The van der Waals surface area contributed by atoms with Crippen LogP contribution in [0, 0.1) is 5.92 Å². The average molecular weight is 556 g/mol. The Morgan fingerprint density at radius 2 is 1.95 bits per heavy atom. The van der Waals surface area contributed by atoms with Crippen LogP contribution in [-0.2, 0) is 25.6 Å². The fourth-order valence-electron chi connectivity index (χ4n) is 5.57. The van der Waals surface area contributed by atoms with Gasteiger partial charge in [-0.25, -0.2) is 0 Å². The molecule has 0 bridgehead atoms. The van der Waals surface area contributed by atoms with Crippen LogP contribution in [0.5, 0.6) is 0 Å². The van der Waals surface area contributed by atoms with Gasteiger partial charge in [0.1, 0.15) is 4.32 Å². The van der Waals surface area contributed by atoms with Crippen LogP contribution in [0.3, 0.4) is 0 Å². The lowest BCUT2D eigenvalue weighted by Gasteiger charge is -2.34. The molecule has 3 aliphatic rings. The van der Waals surface area contributed by atoms with E-state index in [1.807, 2.05) is 38.1 Å². The number of carbonyl (C=O) groups excluding carboxylic acids is 2. The summed E-state index contributed by atoms with van der Waals surface area (Å²) in [7, 11) is 0. The number of amides is 1. The van der Waals surface area contributed by atoms with Crippen molar-refractivity contribution >= 4 is 62.8 Å². The number of pyridine rings is 1. The number of anilines is 1. The molecule has 0 radical (unpaired) electrons. The molecule has 1 atom stereocenters. The fourth-order valence-corrected chi connectivity index (χ4v) is 6.83. The lowest BCUT2D eigenvalue weighted by molar-refractivity contribution is -0.148. The Balaban J connectivity index is 1.55. The van der Waals surface area contributed by atoms with Gasteiger partial charge in [-0.2, -0.15) is 0 Å². The van der Waals surface area contributed by atoms with Crippen LogP contribution in [0.15, 0.2) is 34.0 Å². The van der Waals surface area contributed by atoms with E-state index in [2.05, 4.69) is 4.90 Å². The molecular weight excluding hydrogens is 522 g/mol. The van der Waals surface area contributed by atoms with Gasteiger partial charge in [0.25, 0.3) is 11.5 Å². The molecule has 1 unspecified atom stereocenters. The molecule has 1 aromatic heterocycles. The Kier molecular flexibility index (Phi) is 8.20. The van der Waals surface area contributed by atoms with E-state index < -0.39 is 0 Å². The first-order valence-corrected chi connectivity index (χ1v) is 14.6. The highest BCUT2D eigenvalue weighted by atomic mass is 32.2. The van der Waals surface area contributed by atoms with Crippen LogP contribution in [0.4, 0.5) is 5.69 Å². The second-order valence-electron chi connectivity index (χ2n) is 9.77. The zero-order chi connectivity index (χ0) is 26.8. The lowest BCUT2D eigenvalue weighted by atomic mass is 9.95.